The molecule has 0 atom stereocenters. The molecule has 2 N–H and O–H groups in total. The van der Waals surface area contributed by atoms with Crippen molar-refractivity contribution in [3.8, 4) is 0 Å². The summed E-state index contributed by atoms with van der Waals surface area (Å²) in [6, 6.07) is 7.65. The second kappa shape index (κ2) is 5.64. The van der Waals surface area contributed by atoms with E-state index < -0.39 is 0 Å². The van der Waals surface area contributed by atoms with Crippen LogP contribution in [0.2, 0.25) is 0 Å². The van der Waals surface area contributed by atoms with Gasteiger partial charge in [0.25, 0.3) is 0 Å². The zero-order valence-electron chi connectivity index (χ0n) is 9.77. The lowest BCUT2D eigenvalue weighted by Gasteiger charge is -2.00. The van der Waals surface area contributed by atoms with Crippen LogP contribution < -0.4 is 5.32 Å². The molecule has 0 aliphatic heterocycles. The zero-order chi connectivity index (χ0) is 13.0. The predicted octanol–water partition coefficient (Wildman–Crippen LogP) is 3.13. The summed E-state index contributed by atoms with van der Waals surface area (Å²) in [6.45, 7) is 2.02. The summed E-state index contributed by atoms with van der Waals surface area (Å²) in [6.07, 6.45) is 4.82. The molecule has 5 heteroatoms. The van der Waals surface area contributed by atoms with Crippen molar-refractivity contribution in [1.29, 1.82) is 0 Å². The molecule has 1 aromatic carbocycles. The molecule has 0 spiro atoms. The number of benzene rings is 1. The standard InChI is InChI=1S/C13H12BrN3O/c1-9-2-3-10(11(14)8-9)4-5-13(18)16-12-6-7-15-17-12/h2-8H,1H3,(H2,15,16,17,18)/b5-4+. The minimum atomic E-state index is -0.202. The Morgan fingerprint density at radius 3 is 2.94 bits per heavy atom. The number of amides is 1. The number of aromatic nitrogens is 2. The first-order chi connectivity index (χ1) is 8.65. The largest absolute Gasteiger partial charge is 0.307 e. The van der Waals surface area contributed by atoms with Crippen LogP contribution in [0.4, 0.5) is 5.82 Å². The molecule has 18 heavy (non-hydrogen) atoms. The number of hydrogen-bond donors (Lipinski definition) is 2. The Hall–Kier alpha value is -1.88. The average Bonchev–Trinajstić information content (AvgIpc) is 2.80. The Bertz CT molecular complexity index is 576. The molecule has 0 saturated heterocycles. The molecule has 0 fully saturated rings. The van der Waals surface area contributed by atoms with Gasteiger partial charge in [0, 0.05) is 16.6 Å². The van der Waals surface area contributed by atoms with E-state index in [4.69, 9.17) is 0 Å². The van der Waals surface area contributed by atoms with Gasteiger partial charge in [-0.05, 0) is 30.2 Å². The van der Waals surface area contributed by atoms with Gasteiger partial charge in [-0.2, -0.15) is 5.10 Å². The highest BCUT2D eigenvalue weighted by atomic mass is 79.9. The third-order valence-electron chi connectivity index (χ3n) is 2.33. The zero-order valence-corrected chi connectivity index (χ0v) is 11.4. The van der Waals surface area contributed by atoms with Crippen LogP contribution in [0, 0.1) is 6.92 Å². The first-order valence-electron chi connectivity index (χ1n) is 5.40. The van der Waals surface area contributed by atoms with Gasteiger partial charge in [0.2, 0.25) is 5.91 Å². The fraction of sp³-hybridized carbons (Fsp3) is 0.0769. The Labute approximate surface area is 113 Å². The molecule has 0 aliphatic rings. The molecule has 92 valence electrons. The van der Waals surface area contributed by atoms with Crippen LogP contribution in [0.5, 0.6) is 0 Å². The lowest BCUT2D eigenvalue weighted by molar-refractivity contribution is -0.111. The fourth-order valence-electron chi connectivity index (χ4n) is 1.43. The first-order valence-corrected chi connectivity index (χ1v) is 6.19. The summed E-state index contributed by atoms with van der Waals surface area (Å²) >= 11 is 3.46. The first kappa shape index (κ1) is 12.6. The van der Waals surface area contributed by atoms with Gasteiger partial charge in [-0.3, -0.25) is 9.89 Å². The molecule has 0 saturated carbocycles. The summed E-state index contributed by atoms with van der Waals surface area (Å²) in [7, 11) is 0. The van der Waals surface area contributed by atoms with Gasteiger partial charge < -0.3 is 5.32 Å². The number of carbonyl (C=O) groups excluding carboxylic acids is 1. The quantitative estimate of drug-likeness (QED) is 0.856. The van der Waals surface area contributed by atoms with Crippen molar-refractivity contribution in [2.24, 2.45) is 0 Å². The van der Waals surface area contributed by atoms with Crippen molar-refractivity contribution in [2.75, 3.05) is 5.32 Å². The highest BCUT2D eigenvalue weighted by Gasteiger charge is 2.00. The van der Waals surface area contributed by atoms with Crippen LogP contribution in [-0.2, 0) is 4.79 Å². The number of nitrogens with zero attached hydrogens (tertiary/aromatic N) is 1. The van der Waals surface area contributed by atoms with Crippen LogP contribution in [0.1, 0.15) is 11.1 Å². The maximum absolute atomic E-state index is 11.6. The maximum Gasteiger partial charge on any atom is 0.249 e. The molecular formula is C13H12BrN3O. The van der Waals surface area contributed by atoms with Crippen LogP contribution in [0.25, 0.3) is 6.08 Å². The van der Waals surface area contributed by atoms with Crippen LogP contribution >= 0.6 is 15.9 Å². The monoisotopic (exact) mass is 305 g/mol. The molecule has 0 aliphatic carbocycles. The van der Waals surface area contributed by atoms with Gasteiger partial charge in [0.15, 0.2) is 0 Å². The summed E-state index contributed by atoms with van der Waals surface area (Å²) in [5.41, 5.74) is 2.13. The summed E-state index contributed by atoms with van der Waals surface area (Å²) in [5, 5.41) is 9.07. The highest BCUT2D eigenvalue weighted by Crippen LogP contribution is 2.19. The number of rotatable bonds is 3. The highest BCUT2D eigenvalue weighted by molar-refractivity contribution is 9.10. The van der Waals surface area contributed by atoms with E-state index in [2.05, 4.69) is 31.4 Å². The number of carbonyl (C=O) groups is 1. The van der Waals surface area contributed by atoms with Gasteiger partial charge in [0.1, 0.15) is 5.82 Å². The summed E-state index contributed by atoms with van der Waals surface area (Å²) in [4.78, 5) is 11.6. The van der Waals surface area contributed by atoms with E-state index in [1.54, 1.807) is 18.3 Å². The third-order valence-corrected chi connectivity index (χ3v) is 3.02. The lowest BCUT2D eigenvalue weighted by Crippen LogP contribution is -2.07. The van der Waals surface area contributed by atoms with E-state index in [9.17, 15) is 4.79 Å². The van der Waals surface area contributed by atoms with Crippen molar-refractivity contribution in [2.45, 2.75) is 6.92 Å². The molecule has 2 rings (SSSR count). The van der Waals surface area contributed by atoms with Crippen LogP contribution in [0.3, 0.4) is 0 Å². The van der Waals surface area contributed by atoms with Crippen LogP contribution in [-0.4, -0.2) is 16.1 Å². The molecule has 1 heterocycles. The van der Waals surface area contributed by atoms with E-state index in [-0.39, 0.29) is 5.91 Å². The SMILES string of the molecule is Cc1ccc(/C=C/C(=O)Nc2ccn[nH]2)c(Br)c1. The van der Waals surface area contributed by atoms with E-state index in [1.807, 2.05) is 25.1 Å². The molecule has 0 unspecified atom stereocenters. The topological polar surface area (TPSA) is 57.8 Å². The van der Waals surface area contributed by atoms with Crippen molar-refractivity contribution in [3.63, 3.8) is 0 Å². The number of halogens is 1. The Balaban J connectivity index is 2.04. The summed E-state index contributed by atoms with van der Waals surface area (Å²) < 4.78 is 0.966. The molecule has 1 aromatic heterocycles. The smallest absolute Gasteiger partial charge is 0.249 e. The third kappa shape index (κ3) is 3.30. The van der Waals surface area contributed by atoms with Crippen molar-refractivity contribution in [1.82, 2.24) is 10.2 Å². The molecular weight excluding hydrogens is 294 g/mol. The Morgan fingerprint density at radius 2 is 2.28 bits per heavy atom. The summed E-state index contributed by atoms with van der Waals surface area (Å²) in [5.74, 6) is 0.374. The number of anilines is 1. The Morgan fingerprint density at radius 1 is 1.44 bits per heavy atom. The van der Waals surface area contributed by atoms with Crippen molar-refractivity contribution >= 4 is 33.7 Å². The second-order valence-corrected chi connectivity index (χ2v) is 4.67. The number of aryl methyl sites for hydroxylation is 1. The molecule has 0 bridgehead atoms. The van der Waals surface area contributed by atoms with Gasteiger partial charge >= 0.3 is 0 Å². The maximum atomic E-state index is 11.6. The average molecular weight is 306 g/mol. The number of hydrogen-bond acceptors (Lipinski definition) is 2. The van der Waals surface area contributed by atoms with Gasteiger partial charge in [0.05, 0.1) is 6.20 Å². The lowest BCUT2D eigenvalue weighted by atomic mass is 10.1. The van der Waals surface area contributed by atoms with Crippen molar-refractivity contribution in [3.05, 3.63) is 52.1 Å². The van der Waals surface area contributed by atoms with Crippen LogP contribution in [0.15, 0.2) is 41.0 Å². The minimum absolute atomic E-state index is 0.202. The molecule has 4 nitrogen and oxygen atoms in total. The van der Waals surface area contributed by atoms with E-state index >= 15 is 0 Å². The molecule has 0 radical (unpaired) electrons. The van der Waals surface area contributed by atoms with E-state index in [0.717, 1.165) is 10.0 Å². The number of H-pyrrole nitrogens is 1. The minimum Gasteiger partial charge on any atom is -0.307 e. The van der Waals surface area contributed by atoms with Gasteiger partial charge in [-0.1, -0.05) is 28.1 Å². The molecule has 1 amide bonds. The number of nitrogens with one attached hydrogen (secondary N) is 2. The fourth-order valence-corrected chi connectivity index (χ4v) is 2.06. The van der Waals surface area contributed by atoms with Gasteiger partial charge in [-0.15, -0.1) is 0 Å². The van der Waals surface area contributed by atoms with E-state index in [1.165, 1.54) is 11.6 Å². The predicted molar refractivity (Wildman–Crippen MR) is 75.1 cm³/mol. The second-order valence-electron chi connectivity index (χ2n) is 3.82. The van der Waals surface area contributed by atoms with Crippen molar-refractivity contribution < 1.29 is 4.79 Å². The normalized spacial score (nSPS) is 10.8. The number of aromatic amines is 1. The molecule has 2 aromatic rings. The Kier molecular flexibility index (Phi) is 3.94. The van der Waals surface area contributed by atoms with Gasteiger partial charge in [-0.25, -0.2) is 0 Å². The van der Waals surface area contributed by atoms with E-state index in [0.29, 0.717) is 5.82 Å².